The summed E-state index contributed by atoms with van der Waals surface area (Å²) in [5, 5.41) is 0. The molecule has 0 heterocycles. The molecule has 0 aliphatic heterocycles. The van der Waals surface area contributed by atoms with E-state index in [1.807, 2.05) is 0 Å². The van der Waals surface area contributed by atoms with Gasteiger partial charge in [0.25, 0.3) is 0 Å². The van der Waals surface area contributed by atoms with Gasteiger partial charge in [-0.2, -0.15) is 0 Å². The van der Waals surface area contributed by atoms with E-state index < -0.39 is 0 Å². The van der Waals surface area contributed by atoms with Crippen molar-refractivity contribution >= 4 is 0 Å². The highest BCUT2D eigenvalue weighted by Crippen LogP contribution is 2.29. The maximum absolute atomic E-state index is 5.94. The van der Waals surface area contributed by atoms with Gasteiger partial charge in [0.05, 0.1) is 0 Å². The largest absolute Gasteiger partial charge is 0.330 e. The van der Waals surface area contributed by atoms with E-state index in [4.69, 9.17) is 5.73 Å². The fourth-order valence-corrected chi connectivity index (χ4v) is 1.81. The molecule has 0 aromatic heterocycles. The zero-order valence-electron chi connectivity index (χ0n) is 11.6. The molecule has 0 rings (SSSR count). The average molecular weight is 214 g/mol. The van der Waals surface area contributed by atoms with Crippen molar-refractivity contribution in [2.75, 3.05) is 20.1 Å². The van der Waals surface area contributed by atoms with Gasteiger partial charge in [-0.15, -0.1) is 0 Å². The predicted octanol–water partition coefficient (Wildman–Crippen LogP) is 2.87. The van der Waals surface area contributed by atoms with E-state index in [1.165, 1.54) is 19.3 Å². The number of hydrogen-bond acceptors (Lipinski definition) is 2. The Morgan fingerprint density at radius 2 is 1.47 bits per heavy atom. The van der Waals surface area contributed by atoms with Gasteiger partial charge in [0.2, 0.25) is 0 Å². The van der Waals surface area contributed by atoms with Crippen molar-refractivity contribution in [3.05, 3.63) is 0 Å². The molecule has 0 spiro atoms. The normalized spacial score (nSPS) is 13.6. The molecule has 2 N–H and O–H groups in total. The number of hydrogen-bond donors (Lipinski definition) is 1. The third-order valence-corrected chi connectivity index (χ3v) is 4.40. The van der Waals surface area contributed by atoms with Crippen LogP contribution in [-0.2, 0) is 0 Å². The maximum Gasteiger partial charge on any atom is 0.0147 e. The van der Waals surface area contributed by atoms with Gasteiger partial charge in [-0.1, -0.05) is 20.8 Å². The molecule has 0 aliphatic rings. The Kier molecular flexibility index (Phi) is 5.82. The summed E-state index contributed by atoms with van der Waals surface area (Å²) in [4.78, 5) is 2.47. The van der Waals surface area contributed by atoms with Crippen LogP contribution in [0.2, 0.25) is 0 Å². The monoisotopic (exact) mass is 214 g/mol. The van der Waals surface area contributed by atoms with Gasteiger partial charge in [-0.25, -0.2) is 0 Å². The molecule has 0 bridgehead atoms. The highest BCUT2D eigenvalue weighted by atomic mass is 15.2. The summed E-state index contributed by atoms with van der Waals surface area (Å²) in [5.41, 5.74) is 6.52. The number of rotatable bonds is 7. The molecule has 0 aromatic rings. The van der Waals surface area contributed by atoms with Crippen molar-refractivity contribution in [1.29, 1.82) is 0 Å². The second-order valence-electron chi connectivity index (χ2n) is 5.43. The lowest BCUT2D eigenvalue weighted by Gasteiger charge is -2.42. The van der Waals surface area contributed by atoms with E-state index in [9.17, 15) is 0 Å². The first kappa shape index (κ1) is 14.9. The Balaban J connectivity index is 4.54. The van der Waals surface area contributed by atoms with E-state index >= 15 is 0 Å². The van der Waals surface area contributed by atoms with Crippen LogP contribution >= 0.6 is 0 Å². The zero-order chi connectivity index (χ0) is 12.1. The summed E-state index contributed by atoms with van der Waals surface area (Å²) in [6, 6.07) is 0. The molecule has 15 heavy (non-hydrogen) atoms. The molecule has 0 aliphatic carbocycles. The average Bonchev–Trinajstić information content (AvgIpc) is 2.25. The Labute approximate surface area is 96.2 Å². The van der Waals surface area contributed by atoms with Crippen LogP contribution in [0.15, 0.2) is 0 Å². The lowest BCUT2D eigenvalue weighted by Crippen LogP contribution is -2.48. The molecule has 0 radical (unpaired) electrons. The first-order valence-electron chi connectivity index (χ1n) is 6.28. The Hall–Kier alpha value is -0.0800. The second-order valence-corrected chi connectivity index (χ2v) is 5.43. The minimum atomic E-state index is 0.282. The topological polar surface area (TPSA) is 29.3 Å². The fourth-order valence-electron chi connectivity index (χ4n) is 1.81. The summed E-state index contributed by atoms with van der Waals surface area (Å²) < 4.78 is 0. The van der Waals surface area contributed by atoms with Crippen LogP contribution in [0.3, 0.4) is 0 Å². The van der Waals surface area contributed by atoms with Crippen LogP contribution in [0.25, 0.3) is 0 Å². The standard InChI is InChI=1S/C13H30N2/c1-7-12(4,5)15(6)11-13(8-2,9-3)10-14/h7-11,14H2,1-6H3. The molecule has 2 nitrogen and oxygen atoms in total. The smallest absolute Gasteiger partial charge is 0.0147 e. The van der Waals surface area contributed by atoms with Crippen LogP contribution in [0, 0.1) is 5.41 Å². The van der Waals surface area contributed by atoms with Crippen LogP contribution in [-0.4, -0.2) is 30.6 Å². The highest BCUT2D eigenvalue weighted by Gasteiger charge is 2.31. The van der Waals surface area contributed by atoms with Gasteiger partial charge in [0.15, 0.2) is 0 Å². The molecular formula is C13H30N2. The molecule has 0 amide bonds. The molecule has 2 heteroatoms. The fraction of sp³-hybridized carbons (Fsp3) is 1.00. The molecular weight excluding hydrogens is 184 g/mol. The van der Waals surface area contributed by atoms with Gasteiger partial charge in [-0.3, -0.25) is 0 Å². The van der Waals surface area contributed by atoms with Crippen LogP contribution in [0.1, 0.15) is 53.9 Å². The van der Waals surface area contributed by atoms with Crippen molar-refractivity contribution in [3.63, 3.8) is 0 Å². The van der Waals surface area contributed by atoms with Crippen LogP contribution in [0.4, 0.5) is 0 Å². The third kappa shape index (κ3) is 3.76. The first-order valence-corrected chi connectivity index (χ1v) is 6.28. The second kappa shape index (κ2) is 5.86. The van der Waals surface area contributed by atoms with E-state index in [0.717, 1.165) is 13.1 Å². The van der Waals surface area contributed by atoms with E-state index in [1.54, 1.807) is 0 Å². The van der Waals surface area contributed by atoms with E-state index in [-0.39, 0.29) is 5.54 Å². The van der Waals surface area contributed by atoms with Crippen molar-refractivity contribution < 1.29 is 0 Å². The summed E-state index contributed by atoms with van der Waals surface area (Å²) in [5.74, 6) is 0. The SMILES string of the molecule is CCC(CC)(CN)CN(C)C(C)(C)CC. The van der Waals surface area contributed by atoms with Crippen molar-refractivity contribution in [2.24, 2.45) is 11.1 Å². The molecule has 0 atom stereocenters. The number of nitrogens with zero attached hydrogens (tertiary/aromatic N) is 1. The minimum absolute atomic E-state index is 0.282. The molecule has 0 saturated carbocycles. The van der Waals surface area contributed by atoms with Crippen molar-refractivity contribution in [2.45, 2.75) is 59.4 Å². The van der Waals surface area contributed by atoms with Gasteiger partial charge < -0.3 is 10.6 Å². The quantitative estimate of drug-likeness (QED) is 0.706. The van der Waals surface area contributed by atoms with Gasteiger partial charge in [-0.05, 0) is 52.1 Å². The van der Waals surface area contributed by atoms with E-state index in [0.29, 0.717) is 5.41 Å². The zero-order valence-corrected chi connectivity index (χ0v) is 11.6. The molecule has 0 fully saturated rings. The van der Waals surface area contributed by atoms with Crippen LogP contribution in [0.5, 0.6) is 0 Å². The Morgan fingerprint density at radius 1 is 1.00 bits per heavy atom. The summed E-state index contributed by atoms with van der Waals surface area (Å²) in [6.07, 6.45) is 3.52. The summed E-state index contributed by atoms with van der Waals surface area (Å²) in [7, 11) is 2.22. The minimum Gasteiger partial charge on any atom is -0.330 e. The maximum atomic E-state index is 5.94. The lowest BCUT2D eigenvalue weighted by atomic mass is 9.81. The van der Waals surface area contributed by atoms with E-state index in [2.05, 4.69) is 46.6 Å². The molecule has 92 valence electrons. The van der Waals surface area contributed by atoms with Gasteiger partial charge in [0, 0.05) is 12.1 Å². The van der Waals surface area contributed by atoms with Crippen molar-refractivity contribution in [3.8, 4) is 0 Å². The van der Waals surface area contributed by atoms with Gasteiger partial charge in [0.1, 0.15) is 0 Å². The first-order chi connectivity index (χ1) is 6.87. The summed E-state index contributed by atoms with van der Waals surface area (Å²) in [6.45, 7) is 13.3. The Morgan fingerprint density at radius 3 is 1.73 bits per heavy atom. The highest BCUT2D eigenvalue weighted by molar-refractivity contribution is 4.86. The molecule has 0 saturated heterocycles. The van der Waals surface area contributed by atoms with Gasteiger partial charge >= 0.3 is 0 Å². The Bertz CT molecular complexity index is 163. The molecule has 0 aromatic carbocycles. The third-order valence-electron chi connectivity index (χ3n) is 4.40. The number of nitrogens with two attached hydrogens (primary N) is 1. The molecule has 0 unspecified atom stereocenters. The lowest BCUT2D eigenvalue weighted by molar-refractivity contribution is 0.0798. The predicted molar refractivity (Wildman–Crippen MR) is 69.1 cm³/mol. The van der Waals surface area contributed by atoms with Crippen molar-refractivity contribution in [1.82, 2.24) is 4.90 Å². The summed E-state index contributed by atoms with van der Waals surface area (Å²) >= 11 is 0. The van der Waals surface area contributed by atoms with Crippen LogP contribution < -0.4 is 5.73 Å².